The Kier molecular flexibility index (Phi) is 4.59. The van der Waals surface area contributed by atoms with E-state index in [-0.39, 0.29) is 11.5 Å². The van der Waals surface area contributed by atoms with Crippen LogP contribution in [0.4, 0.5) is 10.7 Å². The zero-order valence-electron chi connectivity index (χ0n) is 12.1. The second-order valence-corrected chi connectivity index (χ2v) is 5.90. The van der Waals surface area contributed by atoms with Crippen LogP contribution in [-0.2, 0) is 11.2 Å². The first-order valence-corrected chi connectivity index (χ1v) is 7.33. The molecule has 5 nitrogen and oxygen atoms in total. The number of hydrogen-bond donors (Lipinski definition) is 2. The average molecular weight is 314 g/mol. The smallest absolute Gasteiger partial charge is 0.335 e. The lowest BCUT2D eigenvalue weighted by molar-refractivity contribution is -0.114. The Balaban J connectivity index is 2.29. The lowest BCUT2D eigenvalue weighted by Gasteiger charge is -2.02. The van der Waals surface area contributed by atoms with Gasteiger partial charge in [-0.05, 0) is 30.2 Å². The Bertz CT molecular complexity index is 770. The largest absolute Gasteiger partial charge is 0.478 e. The molecule has 0 radical (unpaired) electrons. The molecule has 2 N–H and O–H groups in total. The summed E-state index contributed by atoms with van der Waals surface area (Å²) in [6, 6.07) is 6.65. The third kappa shape index (κ3) is 3.32. The van der Waals surface area contributed by atoms with E-state index >= 15 is 0 Å². The Morgan fingerprint density at radius 2 is 1.95 bits per heavy atom. The van der Waals surface area contributed by atoms with Gasteiger partial charge in [0, 0.05) is 18.2 Å². The van der Waals surface area contributed by atoms with Crippen LogP contribution < -0.4 is 5.32 Å². The number of hydrogen-bond acceptors (Lipinski definition) is 3. The Morgan fingerprint density at radius 1 is 1.32 bits per heavy atom. The Hall–Kier alpha value is -2.65. The van der Waals surface area contributed by atoms with Crippen molar-refractivity contribution in [3.63, 3.8) is 0 Å². The zero-order valence-corrected chi connectivity index (χ0v) is 13.0. The number of carbonyl (C=O) groups excluding carboxylic acids is 1. The number of benzene rings is 1. The van der Waals surface area contributed by atoms with Crippen LogP contribution in [0.1, 0.15) is 33.3 Å². The fraction of sp³-hybridized carbons (Fsp3) is 0.188. The number of carboxylic acid groups (broad SMARTS) is 1. The highest BCUT2D eigenvalue weighted by atomic mass is 32.1. The number of anilines is 1. The molecule has 0 saturated carbocycles. The van der Waals surface area contributed by atoms with Crippen LogP contribution in [0.5, 0.6) is 0 Å². The van der Waals surface area contributed by atoms with E-state index < -0.39 is 5.97 Å². The van der Waals surface area contributed by atoms with Crippen molar-refractivity contribution in [3.05, 3.63) is 57.3 Å². The summed E-state index contributed by atoms with van der Waals surface area (Å²) in [5, 5.41) is 12.1. The van der Waals surface area contributed by atoms with Crippen LogP contribution in [0.2, 0.25) is 0 Å². The Labute approximate surface area is 132 Å². The molecule has 2 rings (SSSR count). The summed E-state index contributed by atoms with van der Waals surface area (Å²) in [6.07, 6.45) is 0.596. The number of amides is 1. The predicted molar refractivity (Wildman–Crippen MR) is 85.8 cm³/mol. The molecule has 0 unspecified atom stereocenters. The molecular weight excluding hydrogens is 300 g/mol. The monoisotopic (exact) mass is 314 g/mol. The maximum atomic E-state index is 11.2. The van der Waals surface area contributed by atoms with Crippen LogP contribution in [0, 0.1) is 13.5 Å². The van der Waals surface area contributed by atoms with E-state index in [2.05, 4.69) is 10.2 Å². The number of nitrogens with zero attached hydrogens (tertiary/aromatic N) is 1. The second-order valence-electron chi connectivity index (χ2n) is 4.80. The third-order valence-electron chi connectivity index (χ3n) is 3.18. The molecular formula is C16H14N2O3S. The molecule has 1 aromatic carbocycles. The van der Waals surface area contributed by atoms with Gasteiger partial charge in [0.15, 0.2) is 0 Å². The molecule has 2 aromatic rings. The molecule has 22 heavy (non-hydrogen) atoms. The third-order valence-corrected chi connectivity index (χ3v) is 4.38. The first-order chi connectivity index (χ1) is 10.4. The normalized spacial score (nSPS) is 10.0. The molecule has 0 aliphatic carbocycles. The van der Waals surface area contributed by atoms with E-state index in [1.54, 1.807) is 24.3 Å². The molecule has 0 aliphatic rings. The van der Waals surface area contributed by atoms with Crippen molar-refractivity contribution in [2.24, 2.45) is 0 Å². The van der Waals surface area contributed by atoms with Crippen LogP contribution in [0.15, 0.2) is 24.3 Å². The van der Waals surface area contributed by atoms with E-state index in [1.807, 2.05) is 6.92 Å². The SMILES string of the molecule is [C-]#[N+]c1c(NC(C)=O)sc(Cc2ccc(C(=O)O)cc2)c1C. The van der Waals surface area contributed by atoms with Crippen molar-refractivity contribution >= 4 is 33.9 Å². The number of rotatable bonds is 4. The first-order valence-electron chi connectivity index (χ1n) is 6.52. The lowest BCUT2D eigenvalue weighted by Crippen LogP contribution is -2.03. The first kappa shape index (κ1) is 15.7. The van der Waals surface area contributed by atoms with Crippen molar-refractivity contribution in [3.8, 4) is 0 Å². The number of nitrogens with one attached hydrogen (secondary N) is 1. The maximum absolute atomic E-state index is 11.2. The second kappa shape index (κ2) is 6.41. The molecule has 0 saturated heterocycles. The topological polar surface area (TPSA) is 70.8 Å². The predicted octanol–water partition coefficient (Wildman–Crippen LogP) is 3.85. The van der Waals surface area contributed by atoms with Gasteiger partial charge in [0.1, 0.15) is 5.00 Å². The van der Waals surface area contributed by atoms with Gasteiger partial charge in [0.2, 0.25) is 11.6 Å². The quantitative estimate of drug-likeness (QED) is 0.842. The molecule has 0 bridgehead atoms. The van der Waals surface area contributed by atoms with Gasteiger partial charge in [-0.15, -0.1) is 11.3 Å². The van der Waals surface area contributed by atoms with Gasteiger partial charge in [-0.1, -0.05) is 12.1 Å². The van der Waals surface area contributed by atoms with Gasteiger partial charge < -0.3 is 10.4 Å². The fourth-order valence-corrected chi connectivity index (χ4v) is 3.27. The van der Waals surface area contributed by atoms with Crippen molar-refractivity contribution in [1.29, 1.82) is 0 Å². The maximum Gasteiger partial charge on any atom is 0.335 e. The molecule has 1 amide bonds. The molecule has 6 heteroatoms. The summed E-state index contributed by atoms with van der Waals surface area (Å²) in [6.45, 7) is 10.5. The molecule has 0 fully saturated rings. The summed E-state index contributed by atoms with van der Waals surface area (Å²) in [7, 11) is 0. The van der Waals surface area contributed by atoms with E-state index in [0.29, 0.717) is 17.1 Å². The van der Waals surface area contributed by atoms with Gasteiger partial charge in [-0.25, -0.2) is 9.64 Å². The number of thiophene rings is 1. The van der Waals surface area contributed by atoms with Crippen LogP contribution in [0.3, 0.4) is 0 Å². The van der Waals surface area contributed by atoms with Crippen molar-refractivity contribution in [1.82, 2.24) is 0 Å². The number of aromatic carboxylic acids is 1. The average Bonchev–Trinajstić information content (AvgIpc) is 2.74. The minimum atomic E-state index is -0.956. The molecule has 0 spiro atoms. The number of carboxylic acids is 1. The van der Waals surface area contributed by atoms with Crippen molar-refractivity contribution < 1.29 is 14.7 Å². The highest BCUT2D eigenvalue weighted by molar-refractivity contribution is 7.17. The van der Waals surface area contributed by atoms with Gasteiger partial charge in [-0.2, -0.15) is 0 Å². The number of carbonyl (C=O) groups is 2. The standard InChI is InChI=1S/C16H14N2O3S/c1-9-13(22-15(14(9)17-3)18-10(2)19)8-11-4-6-12(7-5-11)16(20)21/h4-7H,8H2,1-2H3,(H,18,19)(H,20,21). The fourth-order valence-electron chi connectivity index (χ4n) is 2.05. The summed E-state index contributed by atoms with van der Waals surface area (Å²) < 4.78 is 0. The lowest BCUT2D eigenvalue weighted by atomic mass is 10.1. The van der Waals surface area contributed by atoms with E-state index in [4.69, 9.17) is 11.7 Å². The van der Waals surface area contributed by atoms with E-state index in [9.17, 15) is 9.59 Å². The minimum Gasteiger partial charge on any atom is -0.478 e. The Morgan fingerprint density at radius 3 is 2.45 bits per heavy atom. The van der Waals surface area contributed by atoms with Gasteiger partial charge in [-0.3, -0.25) is 4.79 Å². The molecule has 1 aromatic heterocycles. The van der Waals surface area contributed by atoms with Gasteiger partial charge in [0.05, 0.1) is 12.1 Å². The molecule has 0 aliphatic heterocycles. The molecule has 0 atom stereocenters. The van der Waals surface area contributed by atoms with Gasteiger partial charge in [0.25, 0.3) is 0 Å². The summed E-state index contributed by atoms with van der Waals surface area (Å²) in [5.41, 5.74) is 2.52. The van der Waals surface area contributed by atoms with E-state index in [1.165, 1.54) is 18.3 Å². The highest BCUT2D eigenvalue weighted by Crippen LogP contribution is 2.40. The summed E-state index contributed by atoms with van der Waals surface area (Å²) in [5.74, 6) is -1.16. The summed E-state index contributed by atoms with van der Waals surface area (Å²) >= 11 is 1.38. The summed E-state index contributed by atoms with van der Waals surface area (Å²) in [4.78, 5) is 26.5. The van der Waals surface area contributed by atoms with Crippen molar-refractivity contribution in [2.45, 2.75) is 20.3 Å². The van der Waals surface area contributed by atoms with Crippen LogP contribution in [-0.4, -0.2) is 17.0 Å². The molecule has 1 heterocycles. The van der Waals surface area contributed by atoms with E-state index in [0.717, 1.165) is 16.0 Å². The van der Waals surface area contributed by atoms with Crippen molar-refractivity contribution in [2.75, 3.05) is 5.32 Å². The zero-order chi connectivity index (χ0) is 16.3. The van der Waals surface area contributed by atoms with Crippen LogP contribution >= 0.6 is 11.3 Å². The van der Waals surface area contributed by atoms with Crippen LogP contribution in [0.25, 0.3) is 4.85 Å². The highest BCUT2D eigenvalue weighted by Gasteiger charge is 2.16. The molecule has 112 valence electrons. The minimum absolute atomic E-state index is 0.205. The van der Waals surface area contributed by atoms with Gasteiger partial charge >= 0.3 is 5.97 Å².